The SMILES string of the molecule is CCOCCN(CC)Cc1ccc(CCNC)cc1. The van der Waals surface area contributed by atoms with Crippen LogP contribution in [0.15, 0.2) is 24.3 Å². The summed E-state index contributed by atoms with van der Waals surface area (Å²) >= 11 is 0. The summed E-state index contributed by atoms with van der Waals surface area (Å²) in [4.78, 5) is 2.41. The molecule has 0 heterocycles. The Bertz CT molecular complexity index is 324. The maximum atomic E-state index is 5.42. The highest BCUT2D eigenvalue weighted by Crippen LogP contribution is 2.08. The van der Waals surface area contributed by atoms with Crippen molar-refractivity contribution in [3.05, 3.63) is 35.4 Å². The van der Waals surface area contributed by atoms with E-state index in [0.717, 1.165) is 45.8 Å². The third-order valence-electron chi connectivity index (χ3n) is 3.30. The van der Waals surface area contributed by atoms with Crippen LogP contribution in [0.3, 0.4) is 0 Å². The van der Waals surface area contributed by atoms with Gasteiger partial charge in [0, 0.05) is 19.7 Å². The van der Waals surface area contributed by atoms with Crippen molar-refractivity contribution in [1.29, 1.82) is 0 Å². The Morgan fingerprint density at radius 3 is 2.37 bits per heavy atom. The summed E-state index contributed by atoms with van der Waals surface area (Å²) in [6, 6.07) is 8.97. The van der Waals surface area contributed by atoms with Crippen molar-refractivity contribution in [2.24, 2.45) is 0 Å². The number of nitrogens with zero attached hydrogens (tertiary/aromatic N) is 1. The molecule has 0 saturated carbocycles. The molecule has 3 heteroatoms. The molecule has 0 aromatic heterocycles. The van der Waals surface area contributed by atoms with Crippen LogP contribution in [0.1, 0.15) is 25.0 Å². The lowest BCUT2D eigenvalue weighted by atomic mass is 10.1. The normalized spacial score (nSPS) is 11.2. The standard InChI is InChI=1S/C16H28N2O/c1-4-18(12-13-19-5-2)14-16-8-6-15(7-9-16)10-11-17-3/h6-9,17H,4-5,10-14H2,1-3H3. The summed E-state index contributed by atoms with van der Waals surface area (Å²) in [6.07, 6.45) is 1.10. The van der Waals surface area contributed by atoms with E-state index in [0.29, 0.717) is 0 Å². The molecule has 1 aromatic rings. The van der Waals surface area contributed by atoms with Gasteiger partial charge in [0.2, 0.25) is 0 Å². The highest BCUT2D eigenvalue weighted by molar-refractivity contribution is 5.22. The van der Waals surface area contributed by atoms with Gasteiger partial charge in [-0.1, -0.05) is 31.2 Å². The second-order valence-electron chi connectivity index (χ2n) is 4.74. The zero-order valence-electron chi connectivity index (χ0n) is 12.6. The van der Waals surface area contributed by atoms with Crippen LogP contribution >= 0.6 is 0 Å². The maximum absolute atomic E-state index is 5.42. The predicted octanol–water partition coefficient (Wildman–Crippen LogP) is 2.31. The van der Waals surface area contributed by atoms with Crippen molar-refractivity contribution in [3.8, 4) is 0 Å². The number of hydrogen-bond acceptors (Lipinski definition) is 3. The monoisotopic (exact) mass is 264 g/mol. The Labute approximate surface area is 118 Å². The molecule has 0 amide bonds. The lowest BCUT2D eigenvalue weighted by Crippen LogP contribution is -2.27. The lowest BCUT2D eigenvalue weighted by Gasteiger charge is -2.20. The van der Waals surface area contributed by atoms with E-state index in [1.54, 1.807) is 0 Å². The highest BCUT2D eigenvalue weighted by Gasteiger charge is 2.03. The molecule has 0 unspecified atom stereocenters. The number of nitrogens with one attached hydrogen (secondary N) is 1. The average Bonchev–Trinajstić information content (AvgIpc) is 2.45. The number of hydrogen-bond donors (Lipinski definition) is 1. The van der Waals surface area contributed by atoms with E-state index < -0.39 is 0 Å². The minimum absolute atomic E-state index is 0.803. The minimum Gasteiger partial charge on any atom is -0.380 e. The molecule has 0 bridgehead atoms. The fourth-order valence-corrected chi connectivity index (χ4v) is 2.03. The molecule has 1 N–H and O–H groups in total. The van der Waals surface area contributed by atoms with Crippen LogP contribution in [0.25, 0.3) is 0 Å². The van der Waals surface area contributed by atoms with Crippen molar-refractivity contribution in [3.63, 3.8) is 0 Å². The zero-order chi connectivity index (χ0) is 13.9. The molecule has 0 radical (unpaired) electrons. The Hall–Kier alpha value is -0.900. The van der Waals surface area contributed by atoms with Crippen LogP contribution in [-0.4, -0.2) is 44.8 Å². The smallest absolute Gasteiger partial charge is 0.0593 e. The van der Waals surface area contributed by atoms with Crippen LogP contribution in [-0.2, 0) is 17.7 Å². The van der Waals surface area contributed by atoms with Crippen LogP contribution in [0.4, 0.5) is 0 Å². The lowest BCUT2D eigenvalue weighted by molar-refractivity contribution is 0.113. The number of benzene rings is 1. The van der Waals surface area contributed by atoms with E-state index in [1.165, 1.54) is 11.1 Å². The molecule has 1 aromatic carbocycles. The molecule has 0 spiro atoms. The Morgan fingerprint density at radius 2 is 1.79 bits per heavy atom. The van der Waals surface area contributed by atoms with Gasteiger partial charge in [0.15, 0.2) is 0 Å². The quantitative estimate of drug-likeness (QED) is 0.656. The fraction of sp³-hybridized carbons (Fsp3) is 0.625. The molecule has 0 aliphatic carbocycles. The summed E-state index contributed by atoms with van der Waals surface area (Å²) in [5.74, 6) is 0. The van der Waals surface area contributed by atoms with Crippen molar-refractivity contribution >= 4 is 0 Å². The van der Waals surface area contributed by atoms with E-state index in [9.17, 15) is 0 Å². The first kappa shape index (κ1) is 16.2. The van der Waals surface area contributed by atoms with E-state index >= 15 is 0 Å². The summed E-state index contributed by atoms with van der Waals surface area (Å²) in [7, 11) is 1.99. The summed E-state index contributed by atoms with van der Waals surface area (Å²) in [5, 5.41) is 3.18. The molecule has 3 nitrogen and oxygen atoms in total. The molecule has 0 aliphatic heterocycles. The second kappa shape index (κ2) is 9.96. The van der Waals surface area contributed by atoms with Gasteiger partial charge < -0.3 is 10.1 Å². The first-order valence-electron chi connectivity index (χ1n) is 7.32. The summed E-state index contributed by atoms with van der Waals surface area (Å²) < 4.78 is 5.42. The predicted molar refractivity (Wildman–Crippen MR) is 81.5 cm³/mol. The minimum atomic E-state index is 0.803. The van der Waals surface area contributed by atoms with Gasteiger partial charge in [-0.2, -0.15) is 0 Å². The van der Waals surface area contributed by atoms with E-state index in [4.69, 9.17) is 4.74 Å². The van der Waals surface area contributed by atoms with Crippen molar-refractivity contribution in [2.45, 2.75) is 26.8 Å². The van der Waals surface area contributed by atoms with Crippen molar-refractivity contribution < 1.29 is 4.74 Å². The van der Waals surface area contributed by atoms with Crippen LogP contribution in [0, 0.1) is 0 Å². The third-order valence-corrected chi connectivity index (χ3v) is 3.30. The fourth-order valence-electron chi connectivity index (χ4n) is 2.03. The van der Waals surface area contributed by atoms with Gasteiger partial charge in [-0.3, -0.25) is 4.90 Å². The molecule has 0 atom stereocenters. The van der Waals surface area contributed by atoms with E-state index in [-0.39, 0.29) is 0 Å². The molecule has 0 aliphatic rings. The number of rotatable bonds is 10. The number of likely N-dealkylation sites (N-methyl/N-ethyl adjacent to an activating group) is 2. The Morgan fingerprint density at radius 1 is 1.11 bits per heavy atom. The largest absolute Gasteiger partial charge is 0.380 e. The second-order valence-corrected chi connectivity index (χ2v) is 4.74. The van der Waals surface area contributed by atoms with Crippen LogP contribution in [0.2, 0.25) is 0 Å². The van der Waals surface area contributed by atoms with Crippen LogP contribution < -0.4 is 5.32 Å². The Kier molecular flexibility index (Phi) is 8.47. The molecule has 0 fully saturated rings. The molecule has 0 saturated heterocycles. The van der Waals surface area contributed by atoms with E-state index in [1.807, 2.05) is 14.0 Å². The van der Waals surface area contributed by atoms with Gasteiger partial charge in [-0.15, -0.1) is 0 Å². The first-order chi connectivity index (χ1) is 9.30. The van der Waals surface area contributed by atoms with Crippen molar-refractivity contribution in [2.75, 3.05) is 39.9 Å². The molecular weight excluding hydrogens is 236 g/mol. The van der Waals surface area contributed by atoms with Gasteiger partial charge >= 0.3 is 0 Å². The first-order valence-corrected chi connectivity index (χ1v) is 7.32. The zero-order valence-corrected chi connectivity index (χ0v) is 12.6. The van der Waals surface area contributed by atoms with Gasteiger partial charge in [0.05, 0.1) is 6.61 Å². The van der Waals surface area contributed by atoms with Crippen molar-refractivity contribution in [1.82, 2.24) is 10.2 Å². The third kappa shape index (κ3) is 6.71. The van der Waals surface area contributed by atoms with Crippen LogP contribution in [0.5, 0.6) is 0 Å². The average molecular weight is 264 g/mol. The maximum Gasteiger partial charge on any atom is 0.0593 e. The van der Waals surface area contributed by atoms with Gasteiger partial charge in [0.25, 0.3) is 0 Å². The highest BCUT2D eigenvalue weighted by atomic mass is 16.5. The van der Waals surface area contributed by atoms with E-state index in [2.05, 4.69) is 41.4 Å². The molecule has 1 rings (SSSR count). The topological polar surface area (TPSA) is 24.5 Å². The summed E-state index contributed by atoms with van der Waals surface area (Å²) in [6.45, 7) is 9.99. The molecule has 19 heavy (non-hydrogen) atoms. The number of ether oxygens (including phenoxy) is 1. The van der Waals surface area contributed by atoms with Gasteiger partial charge in [-0.25, -0.2) is 0 Å². The van der Waals surface area contributed by atoms with Gasteiger partial charge in [-0.05, 0) is 44.6 Å². The Balaban J connectivity index is 2.41. The van der Waals surface area contributed by atoms with Gasteiger partial charge in [0.1, 0.15) is 0 Å². The molecule has 108 valence electrons. The summed E-state index contributed by atoms with van der Waals surface area (Å²) in [5.41, 5.74) is 2.78. The molecular formula is C16H28N2O.